The van der Waals surface area contributed by atoms with Gasteiger partial charge in [-0.15, -0.1) is 0 Å². The molecule has 0 aromatic carbocycles. The van der Waals surface area contributed by atoms with Crippen LogP contribution in [0.15, 0.2) is 0 Å². The number of amides is 1. The summed E-state index contributed by atoms with van der Waals surface area (Å²) < 4.78 is 15.7. The molecule has 1 rings (SSSR count). The van der Waals surface area contributed by atoms with Crippen LogP contribution in [-0.4, -0.2) is 50.7 Å². The van der Waals surface area contributed by atoms with Crippen molar-refractivity contribution in [2.45, 2.75) is 31.8 Å². The Morgan fingerprint density at radius 1 is 1.69 bits per heavy atom. The predicted molar refractivity (Wildman–Crippen MR) is 57.8 cm³/mol. The molecule has 1 aliphatic rings. The van der Waals surface area contributed by atoms with Crippen LogP contribution >= 0.6 is 0 Å². The minimum Gasteiger partial charge on any atom is -0.383 e. The number of rotatable bonds is 5. The van der Waals surface area contributed by atoms with Crippen molar-refractivity contribution < 1.29 is 19.0 Å². The van der Waals surface area contributed by atoms with Gasteiger partial charge in [-0.3, -0.25) is 4.79 Å². The monoisotopic (exact) mass is 232 g/mol. The summed E-state index contributed by atoms with van der Waals surface area (Å²) in [6.45, 7) is 4.77. The van der Waals surface area contributed by atoms with Gasteiger partial charge in [0.2, 0.25) is 5.91 Å². The van der Waals surface area contributed by atoms with Crippen molar-refractivity contribution in [3.8, 4) is 0 Å². The molecule has 0 aliphatic carbocycles. The molecular weight excluding hydrogens is 212 g/mol. The second kappa shape index (κ2) is 5.58. The van der Waals surface area contributed by atoms with E-state index in [0.29, 0.717) is 13.2 Å². The Morgan fingerprint density at radius 3 is 2.88 bits per heavy atom. The van der Waals surface area contributed by atoms with Crippen LogP contribution in [0, 0.1) is 0 Å². The number of ether oxygens (including phenoxy) is 3. The van der Waals surface area contributed by atoms with Crippen LogP contribution in [0.1, 0.15) is 13.8 Å². The summed E-state index contributed by atoms with van der Waals surface area (Å²) in [6, 6.07) is -0.639. The molecule has 0 radical (unpaired) electrons. The second-order valence-corrected chi connectivity index (χ2v) is 4.26. The summed E-state index contributed by atoms with van der Waals surface area (Å²) in [5.74, 6) is -0.806. The maximum Gasteiger partial charge on any atom is 0.239 e. The molecule has 1 amide bonds. The molecule has 0 aromatic heterocycles. The molecule has 3 N–H and O–H groups in total. The summed E-state index contributed by atoms with van der Waals surface area (Å²) in [4.78, 5) is 11.4. The highest BCUT2D eigenvalue weighted by Gasteiger charge is 2.32. The maximum atomic E-state index is 11.4. The first-order chi connectivity index (χ1) is 7.44. The number of hydrogen-bond donors (Lipinski definition) is 2. The molecule has 0 spiro atoms. The lowest BCUT2D eigenvalue weighted by Gasteiger charge is -2.18. The first-order valence-corrected chi connectivity index (χ1v) is 5.28. The van der Waals surface area contributed by atoms with E-state index in [1.807, 2.05) is 13.8 Å². The highest BCUT2D eigenvalue weighted by atomic mass is 16.7. The second-order valence-electron chi connectivity index (χ2n) is 4.26. The quantitative estimate of drug-likeness (QED) is 0.650. The first-order valence-electron chi connectivity index (χ1n) is 5.28. The normalized spacial score (nSPS) is 25.4. The fraction of sp³-hybridized carbons (Fsp3) is 0.900. The smallest absolute Gasteiger partial charge is 0.239 e. The van der Waals surface area contributed by atoms with E-state index >= 15 is 0 Å². The number of nitrogens with two attached hydrogens (primary N) is 1. The maximum absolute atomic E-state index is 11.4. The number of nitrogens with one attached hydrogen (secondary N) is 1. The van der Waals surface area contributed by atoms with Crippen molar-refractivity contribution in [2.75, 3.05) is 26.9 Å². The lowest BCUT2D eigenvalue weighted by atomic mass is 10.3. The highest BCUT2D eigenvalue weighted by molar-refractivity contribution is 5.81. The Balaban J connectivity index is 2.22. The van der Waals surface area contributed by atoms with Crippen molar-refractivity contribution in [2.24, 2.45) is 5.73 Å². The zero-order valence-electron chi connectivity index (χ0n) is 9.99. The Hall–Kier alpha value is -0.690. The minimum absolute atomic E-state index is 0.117. The lowest BCUT2D eigenvalue weighted by Crippen LogP contribution is -2.46. The number of methoxy groups -OCH3 is 1. The third kappa shape index (κ3) is 4.05. The number of carbonyl (C=O) groups is 1. The van der Waals surface area contributed by atoms with Gasteiger partial charge in [0.15, 0.2) is 5.79 Å². The fourth-order valence-electron chi connectivity index (χ4n) is 1.46. The van der Waals surface area contributed by atoms with Crippen LogP contribution in [0.4, 0.5) is 0 Å². The molecule has 0 aromatic rings. The van der Waals surface area contributed by atoms with Gasteiger partial charge in [0.05, 0.1) is 13.2 Å². The summed E-state index contributed by atoms with van der Waals surface area (Å²) in [5.41, 5.74) is 5.56. The van der Waals surface area contributed by atoms with E-state index in [-0.39, 0.29) is 18.6 Å². The largest absolute Gasteiger partial charge is 0.383 e. The lowest BCUT2D eigenvalue weighted by molar-refractivity contribution is -0.139. The third-order valence-electron chi connectivity index (χ3n) is 2.25. The van der Waals surface area contributed by atoms with E-state index in [4.69, 9.17) is 19.9 Å². The van der Waals surface area contributed by atoms with Gasteiger partial charge in [-0.1, -0.05) is 0 Å². The van der Waals surface area contributed by atoms with Crippen molar-refractivity contribution in [1.29, 1.82) is 0 Å². The standard InChI is InChI=1S/C10H20N2O4/c1-10(2)15-5-7(16-10)4-12-9(13)8(11)6-14-3/h7-8H,4-6,11H2,1-3H3,(H,12,13). The molecule has 16 heavy (non-hydrogen) atoms. The molecular formula is C10H20N2O4. The van der Waals surface area contributed by atoms with E-state index in [2.05, 4.69) is 5.32 Å². The Morgan fingerprint density at radius 2 is 2.38 bits per heavy atom. The average molecular weight is 232 g/mol. The summed E-state index contributed by atoms with van der Waals surface area (Å²) in [7, 11) is 1.50. The van der Waals surface area contributed by atoms with Crippen LogP contribution in [0.5, 0.6) is 0 Å². The summed E-state index contributed by atoms with van der Waals surface area (Å²) in [5, 5.41) is 2.70. The molecule has 1 saturated heterocycles. The van der Waals surface area contributed by atoms with Gasteiger partial charge in [-0.25, -0.2) is 0 Å². The fourth-order valence-corrected chi connectivity index (χ4v) is 1.46. The van der Waals surface area contributed by atoms with Gasteiger partial charge in [0.1, 0.15) is 12.1 Å². The van der Waals surface area contributed by atoms with Crippen LogP contribution in [0.3, 0.4) is 0 Å². The van der Waals surface area contributed by atoms with Crippen molar-refractivity contribution >= 4 is 5.91 Å². The zero-order chi connectivity index (χ0) is 12.2. The van der Waals surface area contributed by atoms with Crippen LogP contribution < -0.4 is 11.1 Å². The van der Waals surface area contributed by atoms with Crippen molar-refractivity contribution in [1.82, 2.24) is 5.32 Å². The van der Waals surface area contributed by atoms with E-state index in [9.17, 15) is 4.79 Å². The highest BCUT2D eigenvalue weighted by Crippen LogP contribution is 2.21. The third-order valence-corrected chi connectivity index (χ3v) is 2.25. The molecule has 0 saturated carbocycles. The number of carbonyl (C=O) groups excluding carboxylic acids is 1. The van der Waals surface area contributed by atoms with Gasteiger partial charge in [-0.05, 0) is 13.8 Å². The molecule has 1 heterocycles. The summed E-state index contributed by atoms with van der Waals surface area (Å²) >= 11 is 0. The molecule has 1 aliphatic heterocycles. The van der Waals surface area contributed by atoms with Crippen molar-refractivity contribution in [3.63, 3.8) is 0 Å². The van der Waals surface area contributed by atoms with E-state index in [1.54, 1.807) is 0 Å². The molecule has 2 unspecified atom stereocenters. The van der Waals surface area contributed by atoms with Crippen molar-refractivity contribution in [3.05, 3.63) is 0 Å². The summed E-state index contributed by atoms with van der Waals surface area (Å²) in [6.07, 6.45) is -0.117. The van der Waals surface area contributed by atoms with Gasteiger partial charge >= 0.3 is 0 Å². The van der Waals surface area contributed by atoms with Gasteiger partial charge < -0.3 is 25.3 Å². The topological polar surface area (TPSA) is 82.8 Å². The predicted octanol–water partition coefficient (Wildman–Crippen LogP) is -0.772. The van der Waals surface area contributed by atoms with Gasteiger partial charge in [0, 0.05) is 13.7 Å². The molecule has 6 heteroatoms. The van der Waals surface area contributed by atoms with Crippen LogP contribution in [0.25, 0.3) is 0 Å². The Labute approximate surface area is 95.4 Å². The SMILES string of the molecule is COCC(N)C(=O)NCC1COC(C)(C)O1. The van der Waals surface area contributed by atoms with Crippen LogP contribution in [0.2, 0.25) is 0 Å². The minimum atomic E-state index is -0.639. The van der Waals surface area contributed by atoms with E-state index < -0.39 is 11.8 Å². The number of hydrogen-bond acceptors (Lipinski definition) is 5. The van der Waals surface area contributed by atoms with Gasteiger partial charge in [0.25, 0.3) is 0 Å². The average Bonchev–Trinajstić information content (AvgIpc) is 2.55. The first kappa shape index (κ1) is 13.4. The Kier molecular flexibility index (Phi) is 4.67. The zero-order valence-corrected chi connectivity index (χ0v) is 9.99. The molecule has 2 atom stereocenters. The molecule has 6 nitrogen and oxygen atoms in total. The van der Waals surface area contributed by atoms with E-state index in [1.165, 1.54) is 7.11 Å². The van der Waals surface area contributed by atoms with Crippen LogP contribution in [-0.2, 0) is 19.0 Å². The van der Waals surface area contributed by atoms with Gasteiger partial charge in [-0.2, -0.15) is 0 Å². The molecule has 94 valence electrons. The Bertz CT molecular complexity index is 245. The van der Waals surface area contributed by atoms with E-state index in [0.717, 1.165) is 0 Å². The molecule has 0 bridgehead atoms. The molecule has 1 fully saturated rings.